The molecule has 8 nitrogen and oxygen atoms in total. The molecule has 4 aromatic rings. The lowest BCUT2D eigenvalue weighted by Crippen LogP contribution is -2.39. The second-order valence-corrected chi connectivity index (χ2v) is 8.64. The van der Waals surface area contributed by atoms with Gasteiger partial charge in [0.15, 0.2) is 0 Å². The van der Waals surface area contributed by atoms with Crippen molar-refractivity contribution in [2.24, 2.45) is 7.05 Å². The van der Waals surface area contributed by atoms with Gasteiger partial charge in [-0.3, -0.25) is 9.48 Å². The third kappa shape index (κ3) is 4.38. The summed E-state index contributed by atoms with van der Waals surface area (Å²) in [6.45, 7) is 0.245. The van der Waals surface area contributed by atoms with Crippen molar-refractivity contribution in [3.63, 3.8) is 0 Å². The molecule has 11 heteroatoms. The smallest absolute Gasteiger partial charge is 0.270 e. The lowest BCUT2D eigenvalue weighted by molar-refractivity contribution is 0.0689. The Morgan fingerprint density at radius 1 is 1.20 bits per heavy atom. The minimum Gasteiger partial charge on any atom is -0.392 e. The van der Waals surface area contributed by atoms with E-state index in [1.807, 2.05) is 16.8 Å². The van der Waals surface area contributed by atoms with Crippen molar-refractivity contribution in [2.45, 2.75) is 19.7 Å². The van der Waals surface area contributed by atoms with E-state index in [1.165, 1.54) is 11.1 Å². The highest BCUT2D eigenvalue weighted by molar-refractivity contribution is 6.33. The van der Waals surface area contributed by atoms with Gasteiger partial charge in [-0.1, -0.05) is 11.6 Å². The van der Waals surface area contributed by atoms with E-state index in [-0.39, 0.29) is 23.6 Å². The first-order valence-electron chi connectivity index (χ1n) is 10.8. The first-order chi connectivity index (χ1) is 16.8. The number of carbonyl (C=O) groups excluding carboxylic acids is 1. The van der Waals surface area contributed by atoms with E-state index >= 15 is 0 Å². The Kier molecular flexibility index (Phi) is 6.00. The number of fused-ring (bicyclic) bond motifs is 1. The van der Waals surface area contributed by atoms with Crippen molar-refractivity contribution in [1.82, 2.24) is 24.2 Å². The molecule has 0 fully saturated rings. The average molecular weight is 499 g/mol. The maximum atomic E-state index is 14.1. The number of carbonyl (C=O) groups is 1. The topological polar surface area (TPSA) is 88.2 Å². The van der Waals surface area contributed by atoms with E-state index in [2.05, 4.69) is 15.4 Å². The number of rotatable bonds is 6. The van der Waals surface area contributed by atoms with Crippen LogP contribution in [0.4, 0.5) is 20.4 Å². The Hall–Kier alpha value is -3.76. The van der Waals surface area contributed by atoms with Gasteiger partial charge in [0.25, 0.3) is 5.91 Å². The number of anilines is 2. The van der Waals surface area contributed by atoms with Crippen molar-refractivity contribution in [2.75, 3.05) is 11.9 Å². The molecule has 0 radical (unpaired) electrons. The van der Waals surface area contributed by atoms with Gasteiger partial charge in [0, 0.05) is 67.9 Å². The molecule has 4 heterocycles. The highest BCUT2D eigenvalue weighted by Gasteiger charge is 2.27. The molecule has 1 aliphatic heterocycles. The lowest BCUT2D eigenvalue weighted by Gasteiger charge is -2.29. The second-order valence-electron chi connectivity index (χ2n) is 8.23. The van der Waals surface area contributed by atoms with Gasteiger partial charge in [0.1, 0.15) is 29.0 Å². The molecule has 0 unspecified atom stereocenters. The van der Waals surface area contributed by atoms with E-state index in [1.54, 1.807) is 30.1 Å². The molecule has 0 saturated carbocycles. The summed E-state index contributed by atoms with van der Waals surface area (Å²) in [5.74, 6) is -0.554. The zero-order valence-electron chi connectivity index (χ0n) is 18.7. The summed E-state index contributed by atoms with van der Waals surface area (Å²) in [6.07, 6.45) is 5.05. The Bertz CT molecular complexity index is 1430. The number of hydrogen-bond acceptors (Lipinski definition) is 5. The fourth-order valence-electron chi connectivity index (χ4n) is 4.20. The fourth-order valence-corrected chi connectivity index (χ4v) is 4.41. The zero-order chi connectivity index (χ0) is 24.7. The van der Waals surface area contributed by atoms with Crippen LogP contribution in [0.15, 0.2) is 48.9 Å². The normalized spacial score (nSPS) is 13.3. The largest absolute Gasteiger partial charge is 0.392 e. The first-order valence-corrected chi connectivity index (χ1v) is 11.2. The van der Waals surface area contributed by atoms with Crippen LogP contribution in [0.3, 0.4) is 0 Å². The van der Waals surface area contributed by atoms with Crippen molar-refractivity contribution < 1.29 is 18.7 Å². The van der Waals surface area contributed by atoms with Gasteiger partial charge in [-0.25, -0.2) is 13.8 Å². The van der Waals surface area contributed by atoms with Crippen LogP contribution in [-0.4, -0.2) is 41.8 Å². The number of nitrogens with zero attached hydrogens (tertiary/aromatic N) is 5. The van der Waals surface area contributed by atoms with E-state index in [9.17, 15) is 18.7 Å². The Morgan fingerprint density at radius 3 is 2.77 bits per heavy atom. The van der Waals surface area contributed by atoms with E-state index < -0.39 is 18.2 Å². The number of aliphatic hydroxyl groups is 1. The van der Waals surface area contributed by atoms with Gasteiger partial charge < -0.3 is 19.9 Å². The number of pyridine rings is 1. The van der Waals surface area contributed by atoms with Crippen molar-refractivity contribution in [1.29, 1.82) is 0 Å². The van der Waals surface area contributed by atoms with Crippen LogP contribution < -0.4 is 5.32 Å². The number of benzene rings is 1. The highest BCUT2D eigenvalue weighted by Crippen LogP contribution is 2.33. The SMILES string of the molecule is Cn1nccc1Nc1cc(-c2cc3n(c2)CCN(Cc2cc(F)cc(F)c2CO)C3=O)c(Cl)cn1. The number of halogens is 3. The Balaban J connectivity index is 1.42. The number of amides is 1. The molecular formula is C24H21ClF2N6O2. The maximum absolute atomic E-state index is 14.1. The number of nitrogens with one attached hydrogen (secondary N) is 1. The molecule has 1 aromatic carbocycles. The number of hydrogen-bond donors (Lipinski definition) is 2. The van der Waals surface area contributed by atoms with Crippen LogP contribution in [0.5, 0.6) is 0 Å². The Morgan fingerprint density at radius 2 is 2.03 bits per heavy atom. The van der Waals surface area contributed by atoms with Gasteiger partial charge in [-0.2, -0.15) is 5.10 Å². The predicted molar refractivity (Wildman–Crippen MR) is 126 cm³/mol. The molecule has 180 valence electrons. The molecule has 0 bridgehead atoms. The lowest BCUT2D eigenvalue weighted by atomic mass is 10.1. The van der Waals surface area contributed by atoms with Gasteiger partial charge >= 0.3 is 0 Å². The predicted octanol–water partition coefficient (Wildman–Crippen LogP) is 4.11. The first kappa shape index (κ1) is 23.0. The van der Waals surface area contributed by atoms with E-state index in [0.717, 1.165) is 23.5 Å². The molecule has 2 N–H and O–H groups in total. The van der Waals surface area contributed by atoms with Gasteiger partial charge in [-0.15, -0.1) is 0 Å². The molecule has 0 atom stereocenters. The summed E-state index contributed by atoms with van der Waals surface area (Å²) in [5.41, 5.74) is 2.09. The van der Waals surface area contributed by atoms with Crippen molar-refractivity contribution in [3.05, 3.63) is 82.4 Å². The molecule has 1 amide bonds. The summed E-state index contributed by atoms with van der Waals surface area (Å²) in [6, 6.07) is 7.21. The Labute approximate surface area is 204 Å². The van der Waals surface area contributed by atoms with Crippen LogP contribution >= 0.6 is 11.6 Å². The van der Waals surface area contributed by atoms with Gasteiger partial charge in [-0.05, 0) is 23.8 Å². The summed E-state index contributed by atoms with van der Waals surface area (Å²) < 4.78 is 31.4. The van der Waals surface area contributed by atoms with Crippen LogP contribution in [0.2, 0.25) is 5.02 Å². The second kappa shape index (κ2) is 9.12. The van der Waals surface area contributed by atoms with Crippen LogP contribution in [0.1, 0.15) is 21.6 Å². The monoisotopic (exact) mass is 498 g/mol. The molecule has 5 rings (SSSR count). The van der Waals surface area contributed by atoms with Crippen LogP contribution in [0, 0.1) is 11.6 Å². The fraction of sp³-hybridized carbons (Fsp3) is 0.208. The zero-order valence-corrected chi connectivity index (χ0v) is 19.4. The standard InChI is InChI=1S/C24H21ClF2N6O2/c1-31-23(2-3-29-31)30-22-9-17(19(25)10-28-22)15-7-21-24(35)33(5-4-32(21)11-15)12-14-6-16(26)8-20(27)18(14)13-34/h2-3,6-11,34H,4-5,12-13H2,1H3,(H,28,30). The molecular weight excluding hydrogens is 478 g/mol. The molecule has 0 saturated heterocycles. The molecule has 1 aliphatic rings. The molecule has 3 aromatic heterocycles. The molecule has 35 heavy (non-hydrogen) atoms. The van der Waals surface area contributed by atoms with E-state index in [0.29, 0.717) is 35.2 Å². The van der Waals surface area contributed by atoms with Crippen LogP contribution in [-0.2, 0) is 26.7 Å². The third-order valence-corrected chi connectivity index (χ3v) is 6.33. The molecule has 0 aliphatic carbocycles. The summed E-state index contributed by atoms with van der Waals surface area (Å²) >= 11 is 6.44. The maximum Gasteiger partial charge on any atom is 0.270 e. The van der Waals surface area contributed by atoms with Gasteiger partial charge in [0.2, 0.25) is 0 Å². The number of aromatic nitrogens is 4. The number of aliphatic hydroxyl groups excluding tert-OH is 1. The minimum absolute atomic E-state index is 0.0152. The minimum atomic E-state index is -0.833. The summed E-state index contributed by atoms with van der Waals surface area (Å²) in [7, 11) is 1.81. The van der Waals surface area contributed by atoms with Crippen molar-refractivity contribution >= 4 is 29.1 Å². The van der Waals surface area contributed by atoms with Crippen LogP contribution in [0.25, 0.3) is 11.1 Å². The summed E-state index contributed by atoms with van der Waals surface area (Å²) in [4.78, 5) is 19.1. The molecule has 0 spiro atoms. The quantitative estimate of drug-likeness (QED) is 0.418. The average Bonchev–Trinajstić information content (AvgIpc) is 3.43. The third-order valence-electron chi connectivity index (χ3n) is 6.03. The highest BCUT2D eigenvalue weighted by atomic mass is 35.5. The van der Waals surface area contributed by atoms with E-state index in [4.69, 9.17) is 11.6 Å². The number of aryl methyl sites for hydroxylation is 1. The summed E-state index contributed by atoms with van der Waals surface area (Å²) in [5, 5.41) is 17.2. The van der Waals surface area contributed by atoms with Gasteiger partial charge in [0.05, 0.1) is 17.8 Å². The van der Waals surface area contributed by atoms with Crippen molar-refractivity contribution in [3.8, 4) is 11.1 Å².